The maximum absolute atomic E-state index is 13.8. The summed E-state index contributed by atoms with van der Waals surface area (Å²) in [6.45, 7) is 0.421. The van der Waals surface area contributed by atoms with E-state index in [1.54, 1.807) is 12.3 Å². The number of carbonyl (C=O) groups excluding carboxylic acids is 2. The summed E-state index contributed by atoms with van der Waals surface area (Å²) in [6, 6.07) is 10.6. The van der Waals surface area contributed by atoms with Gasteiger partial charge in [-0.05, 0) is 53.4 Å². The number of halogens is 2. The first-order chi connectivity index (χ1) is 15.9. The van der Waals surface area contributed by atoms with E-state index in [2.05, 4.69) is 15.5 Å². The van der Waals surface area contributed by atoms with E-state index < -0.39 is 23.5 Å². The van der Waals surface area contributed by atoms with Crippen molar-refractivity contribution in [3.63, 3.8) is 0 Å². The summed E-state index contributed by atoms with van der Waals surface area (Å²) in [5.74, 6) is -2.61. The van der Waals surface area contributed by atoms with E-state index in [0.717, 1.165) is 22.8 Å². The Labute approximate surface area is 187 Å². The minimum absolute atomic E-state index is 0.0630. The topological polar surface area (TPSA) is 114 Å². The highest BCUT2D eigenvalue weighted by Gasteiger charge is 2.25. The molecule has 1 atom stereocenters. The van der Waals surface area contributed by atoms with Crippen LogP contribution in [0, 0.1) is 11.6 Å². The van der Waals surface area contributed by atoms with Crippen LogP contribution in [0.25, 0.3) is 22.2 Å². The average Bonchev–Trinajstić information content (AvgIpc) is 3.37. The fraction of sp³-hybridized carbons (Fsp3) is 0.167. The van der Waals surface area contributed by atoms with Crippen LogP contribution in [0.5, 0.6) is 0 Å². The summed E-state index contributed by atoms with van der Waals surface area (Å²) < 4.78 is 27.6. The number of fused-ring (bicyclic) bond motifs is 2. The second-order valence-corrected chi connectivity index (χ2v) is 8.13. The van der Waals surface area contributed by atoms with Crippen molar-refractivity contribution < 1.29 is 18.4 Å². The molecule has 4 N–H and O–H groups in total. The summed E-state index contributed by atoms with van der Waals surface area (Å²) in [7, 11) is 0. The number of rotatable bonds is 6. The van der Waals surface area contributed by atoms with E-state index in [-0.39, 0.29) is 18.7 Å². The number of nitrogens with two attached hydrogens (primary N) is 1. The van der Waals surface area contributed by atoms with Gasteiger partial charge in [-0.15, -0.1) is 0 Å². The smallest absolute Gasteiger partial charge is 0.251 e. The standard InChI is InChI=1S/C24H19F2N5O2/c25-16-4-12(5-17(26)8-16)3-14(7-22(27)32)23-19(9-20-21(30-23)11-29-31-20)13-1-2-18-15(6-13)10-28-24(18)33/h1-2,4-6,8-9,11,14H,3,7,10H2,(H2,27,32)(H,28,33)(H,29,31)/t14-/m0/s1. The van der Waals surface area contributed by atoms with Crippen molar-refractivity contribution in [2.75, 3.05) is 0 Å². The number of pyridine rings is 1. The van der Waals surface area contributed by atoms with Gasteiger partial charge in [-0.3, -0.25) is 14.7 Å². The minimum Gasteiger partial charge on any atom is -0.370 e. The number of benzene rings is 2. The van der Waals surface area contributed by atoms with Gasteiger partial charge in [0.2, 0.25) is 5.91 Å². The molecule has 2 amide bonds. The van der Waals surface area contributed by atoms with E-state index >= 15 is 0 Å². The van der Waals surface area contributed by atoms with E-state index in [1.807, 2.05) is 18.2 Å². The van der Waals surface area contributed by atoms with Crippen LogP contribution in [-0.2, 0) is 17.8 Å². The molecule has 0 spiro atoms. The molecule has 0 saturated carbocycles. The number of H-pyrrole nitrogens is 1. The van der Waals surface area contributed by atoms with Gasteiger partial charge < -0.3 is 11.1 Å². The van der Waals surface area contributed by atoms with Crippen LogP contribution in [0.4, 0.5) is 8.78 Å². The summed E-state index contributed by atoms with van der Waals surface area (Å²) >= 11 is 0. The molecule has 0 radical (unpaired) electrons. The maximum atomic E-state index is 13.8. The normalized spacial score (nSPS) is 13.7. The number of nitrogens with zero attached hydrogens (tertiary/aromatic N) is 2. The predicted molar refractivity (Wildman–Crippen MR) is 117 cm³/mol. The molecule has 0 saturated heterocycles. The summed E-state index contributed by atoms with van der Waals surface area (Å²) in [6.07, 6.45) is 1.66. The van der Waals surface area contributed by atoms with E-state index in [1.165, 1.54) is 12.1 Å². The van der Waals surface area contributed by atoms with Crippen LogP contribution >= 0.6 is 0 Å². The highest BCUT2D eigenvalue weighted by Crippen LogP contribution is 2.35. The molecule has 4 aromatic rings. The first-order valence-corrected chi connectivity index (χ1v) is 10.4. The molecule has 2 aromatic heterocycles. The molecule has 7 nitrogen and oxygen atoms in total. The van der Waals surface area contributed by atoms with Crippen LogP contribution < -0.4 is 11.1 Å². The van der Waals surface area contributed by atoms with Crippen molar-refractivity contribution in [3.8, 4) is 11.1 Å². The van der Waals surface area contributed by atoms with Crippen molar-refractivity contribution in [3.05, 3.63) is 82.7 Å². The molecule has 0 bridgehead atoms. The number of amides is 2. The van der Waals surface area contributed by atoms with Gasteiger partial charge in [0.25, 0.3) is 5.91 Å². The number of aromatic nitrogens is 3. The quantitative estimate of drug-likeness (QED) is 0.421. The lowest BCUT2D eigenvalue weighted by Gasteiger charge is -2.20. The molecule has 0 fully saturated rings. The molecule has 1 aliphatic heterocycles. The van der Waals surface area contributed by atoms with Crippen molar-refractivity contribution in [1.29, 1.82) is 0 Å². The lowest BCUT2D eigenvalue weighted by Crippen LogP contribution is -2.18. The molecule has 2 aromatic carbocycles. The molecule has 166 valence electrons. The van der Waals surface area contributed by atoms with Gasteiger partial charge in [-0.2, -0.15) is 5.10 Å². The zero-order valence-corrected chi connectivity index (χ0v) is 17.4. The Bertz CT molecular complexity index is 1400. The van der Waals surface area contributed by atoms with Crippen LogP contribution in [0.15, 0.2) is 48.7 Å². The Morgan fingerprint density at radius 2 is 1.88 bits per heavy atom. The Kier molecular flexibility index (Phi) is 5.08. The number of carbonyl (C=O) groups is 2. The predicted octanol–water partition coefficient (Wildman–Crippen LogP) is 3.35. The molecule has 33 heavy (non-hydrogen) atoms. The Morgan fingerprint density at radius 3 is 2.64 bits per heavy atom. The first-order valence-electron chi connectivity index (χ1n) is 10.4. The fourth-order valence-electron chi connectivity index (χ4n) is 4.36. The highest BCUT2D eigenvalue weighted by molar-refractivity contribution is 5.99. The largest absolute Gasteiger partial charge is 0.370 e. The molecule has 0 aliphatic carbocycles. The van der Waals surface area contributed by atoms with E-state index in [0.29, 0.717) is 34.4 Å². The summed E-state index contributed by atoms with van der Waals surface area (Å²) in [5.41, 5.74) is 10.7. The molecule has 0 unspecified atom stereocenters. The van der Waals surface area contributed by atoms with E-state index in [9.17, 15) is 18.4 Å². The molecule has 9 heteroatoms. The SMILES string of the molecule is NC(=O)C[C@H](Cc1cc(F)cc(F)c1)c1nc2cn[nH]c2cc1-c1ccc2c(c1)CNC2=O. The maximum Gasteiger partial charge on any atom is 0.251 e. The van der Waals surface area contributed by atoms with Crippen LogP contribution in [0.2, 0.25) is 0 Å². The Hall–Kier alpha value is -4.14. The number of nitrogens with one attached hydrogen (secondary N) is 2. The number of primary amides is 1. The van der Waals surface area contributed by atoms with Gasteiger partial charge in [0.15, 0.2) is 0 Å². The second kappa shape index (κ2) is 8.09. The van der Waals surface area contributed by atoms with Gasteiger partial charge in [0.05, 0.1) is 17.4 Å². The van der Waals surface area contributed by atoms with Gasteiger partial charge in [0, 0.05) is 36.1 Å². The third kappa shape index (κ3) is 4.05. The fourth-order valence-corrected chi connectivity index (χ4v) is 4.36. The molecule has 3 heterocycles. The zero-order chi connectivity index (χ0) is 23.1. The Balaban J connectivity index is 1.65. The van der Waals surface area contributed by atoms with Crippen LogP contribution in [0.3, 0.4) is 0 Å². The van der Waals surface area contributed by atoms with Gasteiger partial charge in [-0.25, -0.2) is 13.8 Å². The minimum atomic E-state index is -0.697. The lowest BCUT2D eigenvalue weighted by atomic mass is 9.87. The average molecular weight is 447 g/mol. The van der Waals surface area contributed by atoms with Crippen LogP contribution in [-0.4, -0.2) is 27.0 Å². The van der Waals surface area contributed by atoms with Crippen molar-refractivity contribution in [2.45, 2.75) is 25.3 Å². The molecule has 5 rings (SSSR count). The van der Waals surface area contributed by atoms with E-state index in [4.69, 9.17) is 10.7 Å². The number of aromatic amines is 1. The molecule has 1 aliphatic rings. The third-order valence-electron chi connectivity index (χ3n) is 5.79. The lowest BCUT2D eigenvalue weighted by molar-refractivity contribution is -0.118. The zero-order valence-electron chi connectivity index (χ0n) is 17.4. The highest BCUT2D eigenvalue weighted by atomic mass is 19.1. The monoisotopic (exact) mass is 447 g/mol. The Morgan fingerprint density at radius 1 is 1.09 bits per heavy atom. The number of hydrogen-bond donors (Lipinski definition) is 3. The van der Waals surface area contributed by atoms with Crippen molar-refractivity contribution in [1.82, 2.24) is 20.5 Å². The first kappa shape index (κ1) is 20.7. The van der Waals surface area contributed by atoms with Crippen molar-refractivity contribution in [2.24, 2.45) is 5.73 Å². The third-order valence-corrected chi connectivity index (χ3v) is 5.79. The van der Waals surface area contributed by atoms with Gasteiger partial charge in [-0.1, -0.05) is 6.07 Å². The van der Waals surface area contributed by atoms with Gasteiger partial charge >= 0.3 is 0 Å². The van der Waals surface area contributed by atoms with Crippen molar-refractivity contribution >= 4 is 22.8 Å². The molecular weight excluding hydrogens is 428 g/mol. The summed E-state index contributed by atoms with van der Waals surface area (Å²) in [5, 5.41) is 9.72. The summed E-state index contributed by atoms with van der Waals surface area (Å²) in [4.78, 5) is 28.6. The van der Waals surface area contributed by atoms with Gasteiger partial charge in [0.1, 0.15) is 17.2 Å². The second-order valence-electron chi connectivity index (χ2n) is 8.13. The molecular formula is C24H19F2N5O2. The number of hydrogen-bond acceptors (Lipinski definition) is 4. The van der Waals surface area contributed by atoms with Crippen LogP contribution in [0.1, 0.15) is 39.5 Å².